The predicted octanol–water partition coefficient (Wildman–Crippen LogP) is 4.07. The molecule has 3 aromatic rings. The fraction of sp³-hybridized carbons (Fsp3) is 0.286. The molecule has 0 spiro atoms. The van der Waals surface area contributed by atoms with E-state index >= 15 is 0 Å². The van der Waals surface area contributed by atoms with Crippen LogP contribution in [0, 0.1) is 5.92 Å². The van der Waals surface area contributed by atoms with Crippen molar-refractivity contribution < 1.29 is 18.7 Å². The van der Waals surface area contributed by atoms with Crippen LogP contribution in [0.25, 0.3) is 21.9 Å². The molecule has 2 aromatic carbocycles. The first-order valence-electron chi connectivity index (χ1n) is 9.01. The number of hydrogen-bond donors (Lipinski definition) is 2. The summed E-state index contributed by atoms with van der Waals surface area (Å²) in [6.07, 6.45) is 0.0414. The number of carbonyl (C=O) groups excluding carboxylic acids is 2. The molecule has 1 aromatic heterocycles. The van der Waals surface area contributed by atoms with Gasteiger partial charge in [-0.2, -0.15) is 5.10 Å². The van der Waals surface area contributed by atoms with Crippen molar-refractivity contribution in [2.75, 3.05) is 12.4 Å². The Morgan fingerprint density at radius 1 is 1.14 bits per heavy atom. The molecule has 0 saturated carbocycles. The minimum atomic E-state index is -0.270. The van der Waals surface area contributed by atoms with E-state index in [1.54, 1.807) is 33.9 Å². The van der Waals surface area contributed by atoms with Gasteiger partial charge in [-0.1, -0.05) is 32.0 Å². The lowest BCUT2D eigenvalue weighted by molar-refractivity contribution is -0.124. The van der Waals surface area contributed by atoms with E-state index in [-0.39, 0.29) is 24.2 Å². The monoisotopic (exact) mass is 381 g/mol. The van der Waals surface area contributed by atoms with Crippen LogP contribution in [0.3, 0.4) is 0 Å². The summed E-state index contributed by atoms with van der Waals surface area (Å²) in [5.41, 5.74) is 4.88. The van der Waals surface area contributed by atoms with Crippen LogP contribution in [-0.2, 0) is 9.59 Å². The fourth-order valence-corrected chi connectivity index (χ4v) is 2.76. The molecule has 0 aliphatic rings. The van der Waals surface area contributed by atoms with E-state index in [0.29, 0.717) is 22.7 Å². The van der Waals surface area contributed by atoms with Gasteiger partial charge in [0.25, 0.3) is 0 Å². The molecule has 0 fully saturated rings. The summed E-state index contributed by atoms with van der Waals surface area (Å²) < 4.78 is 11.3. The molecule has 0 aliphatic carbocycles. The van der Waals surface area contributed by atoms with Gasteiger partial charge in [0.1, 0.15) is 16.9 Å². The van der Waals surface area contributed by atoms with Crippen LogP contribution in [-0.4, -0.2) is 24.6 Å². The zero-order chi connectivity index (χ0) is 20.3. The quantitative estimate of drug-likeness (QED) is 0.497. The SMILES string of the molecule is COc1cc2c(cc1NC(=O)C/C(C)=N/NC(=O)C(C)C)oc1ccccc12. The molecule has 1 heterocycles. The van der Waals surface area contributed by atoms with Crippen LogP contribution in [0.2, 0.25) is 0 Å². The van der Waals surface area contributed by atoms with E-state index in [0.717, 1.165) is 16.4 Å². The highest BCUT2D eigenvalue weighted by atomic mass is 16.5. The second-order valence-electron chi connectivity index (χ2n) is 6.85. The molecule has 28 heavy (non-hydrogen) atoms. The number of anilines is 1. The van der Waals surface area contributed by atoms with Crippen LogP contribution in [0.15, 0.2) is 45.9 Å². The Morgan fingerprint density at radius 2 is 1.89 bits per heavy atom. The number of rotatable bonds is 6. The zero-order valence-corrected chi connectivity index (χ0v) is 16.3. The topological polar surface area (TPSA) is 92.9 Å². The van der Waals surface area contributed by atoms with E-state index in [4.69, 9.17) is 9.15 Å². The molecule has 0 atom stereocenters. The van der Waals surface area contributed by atoms with E-state index in [2.05, 4.69) is 15.8 Å². The first-order chi connectivity index (χ1) is 13.4. The summed E-state index contributed by atoms with van der Waals surface area (Å²) in [6, 6.07) is 11.3. The molecule has 7 heteroatoms. The Hall–Kier alpha value is -3.35. The number of hydrogen-bond acceptors (Lipinski definition) is 5. The zero-order valence-electron chi connectivity index (χ0n) is 16.3. The van der Waals surface area contributed by atoms with Crippen LogP contribution in [0.5, 0.6) is 5.75 Å². The van der Waals surface area contributed by atoms with Gasteiger partial charge in [0.05, 0.1) is 19.2 Å². The number of para-hydroxylation sites is 1. The summed E-state index contributed by atoms with van der Waals surface area (Å²) in [5.74, 6) is -0.106. The molecule has 146 valence electrons. The summed E-state index contributed by atoms with van der Waals surface area (Å²) in [7, 11) is 1.55. The lowest BCUT2D eigenvalue weighted by Gasteiger charge is -2.10. The van der Waals surface area contributed by atoms with Gasteiger partial charge >= 0.3 is 0 Å². The maximum atomic E-state index is 12.4. The lowest BCUT2D eigenvalue weighted by Crippen LogP contribution is -2.25. The molecule has 0 bridgehead atoms. The number of nitrogens with one attached hydrogen (secondary N) is 2. The Kier molecular flexibility index (Phi) is 5.63. The molecule has 0 saturated heterocycles. The van der Waals surface area contributed by atoms with Crippen molar-refractivity contribution in [1.82, 2.24) is 5.43 Å². The van der Waals surface area contributed by atoms with Crippen molar-refractivity contribution in [3.8, 4) is 5.75 Å². The number of fused-ring (bicyclic) bond motifs is 3. The number of methoxy groups -OCH3 is 1. The highest BCUT2D eigenvalue weighted by molar-refractivity contribution is 6.10. The van der Waals surface area contributed by atoms with Crippen molar-refractivity contribution in [2.45, 2.75) is 27.2 Å². The summed E-state index contributed by atoms with van der Waals surface area (Å²) >= 11 is 0. The number of nitrogens with zero attached hydrogens (tertiary/aromatic N) is 1. The van der Waals surface area contributed by atoms with Crippen LogP contribution in [0.1, 0.15) is 27.2 Å². The number of carbonyl (C=O) groups is 2. The van der Waals surface area contributed by atoms with Gasteiger partial charge in [-0.25, -0.2) is 5.43 Å². The van der Waals surface area contributed by atoms with Gasteiger partial charge in [-0.3, -0.25) is 9.59 Å². The van der Waals surface area contributed by atoms with Crippen molar-refractivity contribution in [1.29, 1.82) is 0 Å². The Morgan fingerprint density at radius 3 is 2.61 bits per heavy atom. The molecular weight excluding hydrogens is 358 g/mol. The maximum Gasteiger partial charge on any atom is 0.242 e. The average molecular weight is 381 g/mol. The molecule has 0 radical (unpaired) electrons. The van der Waals surface area contributed by atoms with E-state index in [1.165, 1.54) is 0 Å². The third-order valence-electron chi connectivity index (χ3n) is 4.27. The minimum absolute atomic E-state index is 0.0414. The average Bonchev–Trinajstić information content (AvgIpc) is 3.02. The van der Waals surface area contributed by atoms with Crippen LogP contribution >= 0.6 is 0 Å². The normalized spacial score (nSPS) is 11.8. The van der Waals surface area contributed by atoms with Gasteiger partial charge in [0.2, 0.25) is 11.8 Å². The summed E-state index contributed by atoms with van der Waals surface area (Å²) in [6.45, 7) is 5.22. The highest BCUT2D eigenvalue weighted by Crippen LogP contribution is 2.36. The third-order valence-corrected chi connectivity index (χ3v) is 4.27. The van der Waals surface area contributed by atoms with Gasteiger partial charge in [-0.15, -0.1) is 0 Å². The molecule has 3 rings (SSSR count). The standard InChI is InChI=1S/C21H23N3O4/c1-12(2)21(26)24-23-13(3)9-20(25)22-16-11-18-15(10-19(16)27-4)14-7-5-6-8-17(14)28-18/h5-8,10-12H,9H2,1-4H3,(H,22,25)(H,24,26)/b23-13+. The van der Waals surface area contributed by atoms with Crippen molar-refractivity contribution in [3.05, 3.63) is 36.4 Å². The summed E-state index contributed by atoms with van der Waals surface area (Å²) in [5, 5.41) is 8.68. The van der Waals surface area contributed by atoms with Gasteiger partial charge in [-0.05, 0) is 19.1 Å². The van der Waals surface area contributed by atoms with Crippen LogP contribution < -0.4 is 15.5 Å². The molecule has 7 nitrogen and oxygen atoms in total. The predicted molar refractivity (Wildman–Crippen MR) is 110 cm³/mol. The van der Waals surface area contributed by atoms with Gasteiger partial charge in [0, 0.05) is 28.5 Å². The molecule has 0 aliphatic heterocycles. The Labute approximate surface area is 162 Å². The molecule has 2 N–H and O–H groups in total. The Bertz CT molecular complexity index is 1070. The highest BCUT2D eigenvalue weighted by Gasteiger charge is 2.14. The summed E-state index contributed by atoms with van der Waals surface area (Å²) in [4.78, 5) is 23.9. The fourth-order valence-electron chi connectivity index (χ4n) is 2.76. The van der Waals surface area contributed by atoms with E-state index < -0.39 is 0 Å². The number of hydrazone groups is 1. The Balaban J connectivity index is 1.79. The molecular formula is C21H23N3O4. The molecule has 0 unspecified atom stereocenters. The van der Waals surface area contributed by atoms with Gasteiger partial charge in [0.15, 0.2) is 0 Å². The largest absolute Gasteiger partial charge is 0.495 e. The minimum Gasteiger partial charge on any atom is -0.495 e. The molecule has 2 amide bonds. The number of amides is 2. The second-order valence-corrected chi connectivity index (χ2v) is 6.85. The van der Waals surface area contributed by atoms with Crippen molar-refractivity contribution in [2.24, 2.45) is 11.0 Å². The number of furan rings is 1. The first-order valence-corrected chi connectivity index (χ1v) is 9.01. The van der Waals surface area contributed by atoms with Crippen molar-refractivity contribution >= 4 is 45.2 Å². The van der Waals surface area contributed by atoms with E-state index in [1.807, 2.05) is 30.3 Å². The lowest BCUT2D eigenvalue weighted by atomic mass is 10.1. The number of ether oxygens (including phenoxy) is 1. The van der Waals surface area contributed by atoms with Gasteiger partial charge < -0.3 is 14.5 Å². The third kappa shape index (κ3) is 4.14. The number of benzene rings is 2. The van der Waals surface area contributed by atoms with E-state index in [9.17, 15) is 9.59 Å². The van der Waals surface area contributed by atoms with Crippen molar-refractivity contribution in [3.63, 3.8) is 0 Å². The first kappa shape index (κ1) is 19.4. The second kappa shape index (κ2) is 8.12. The maximum absolute atomic E-state index is 12.4. The smallest absolute Gasteiger partial charge is 0.242 e. The van der Waals surface area contributed by atoms with Crippen LogP contribution in [0.4, 0.5) is 5.69 Å².